The molecule has 0 unspecified atom stereocenters. The molecule has 0 bridgehead atoms. The van der Waals surface area contributed by atoms with Crippen molar-refractivity contribution in [3.63, 3.8) is 0 Å². The summed E-state index contributed by atoms with van der Waals surface area (Å²) < 4.78 is 0. The van der Waals surface area contributed by atoms with Gasteiger partial charge in [0.1, 0.15) is 0 Å². The van der Waals surface area contributed by atoms with E-state index in [0.29, 0.717) is 24.8 Å². The lowest BCUT2D eigenvalue weighted by atomic mass is 9.97. The number of aromatic nitrogens is 1. The molecule has 0 aliphatic carbocycles. The van der Waals surface area contributed by atoms with Crippen LogP contribution >= 0.6 is 0 Å². The van der Waals surface area contributed by atoms with E-state index >= 15 is 0 Å². The summed E-state index contributed by atoms with van der Waals surface area (Å²) in [6.07, 6.45) is 4.37. The molecule has 2 N–H and O–H groups in total. The molecule has 0 fully saturated rings. The van der Waals surface area contributed by atoms with E-state index in [2.05, 4.69) is 10.3 Å². The molecule has 6 heteroatoms. The summed E-state index contributed by atoms with van der Waals surface area (Å²) in [4.78, 5) is 14.6. The van der Waals surface area contributed by atoms with Crippen molar-refractivity contribution in [2.24, 2.45) is 0 Å². The summed E-state index contributed by atoms with van der Waals surface area (Å²) in [7, 11) is 0. The van der Waals surface area contributed by atoms with Gasteiger partial charge in [0.05, 0.1) is 15.9 Å². The fourth-order valence-corrected chi connectivity index (χ4v) is 2.25. The summed E-state index contributed by atoms with van der Waals surface area (Å²) in [6.45, 7) is 4.27. The molecule has 112 valence electrons. The maximum atomic E-state index is 11.1. The number of aliphatic hydroxyl groups is 1. The monoisotopic (exact) mass is 289 g/mol. The largest absolute Gasteiger partial charge is 0.388 e. The van der Waals surface area contributed by atoms with Crippen molar-refractivity contribution >= 4 is 22.1 Å². The molecule has 1 heterocycles. The molecular weight excluding hydrogens is 270 g/mol. The summed E-state index contributed by atoms with van der Waals surface area (Å²) in [5.41, 5.74) is 0.0180. The highest BCUT2D eigenvalue weighted by molar-refractivity contribution is 5.99. The lowest BCUT2D eigenvalue weighted by Gasteiger charge is -2.26. The number of non-ortho nitro benzene ring substituents is 1. The van der Waals surface area contributed by atoms with Crippen molar-refractivity contribution in [1.82, 2.24) is 4.98 Å². The Bertz CT molecular complexity index is 654. The van der Waals surface area contributed by atoms with Crippen LogP contribution in [-0.2, 0) is 0 Å². The molecule has 2 aromatic rings. The molecule has 2 rings (SSSR count). The van der Waals surface area contributed by atoms with Crippen molar-refractivity contribution in [3.8, 4) is 0 Å². The molecular formula is C15H19N3O3. The minimum atomic E-state index is -0.777. The van der Waals surface area contributed by atoms with Gasteiger partial charge in [-0.3, -0.25) is 15.1 Å². The average molecular weight is 289 g/mol. The Morgan fingerprint density at radius 2 is 2.00 bits per heavy atom. The van der Waals surface area contributed by atoms with E-state index in [9.17, 15) is 15.2 Å². The summed E-state index contributed by atoms with van der Waals surface area (Å²) in [5.74, 6) is 0. The van der Waals surface area contributed by atoms with Gasteiger partial charge < -0.3 is 10.4 Å². The third-order valence-corrected chi connectivity index (χ3v) is 3.92. The highest BCUT2D eigenvalue weighted by Crippen LogP contribution is 2.31. The van der Waals surface area contributed by atoms with E-state index in [4.69, 9.17) is 0 Å². The second-order valence-corrected chi connectivity index (χ2v) is 5.10. The maximum Gasteiger partial charge on any atom is 0.278 e. The number of nitrogens with one attached hydrogen (secondary N) is 1. The molecule has 0 spiro atoms. The number of hydrogen-bond donors (Lipinski definition) is 2. The molecule has 1 aromatic carbocycles. The van der Waals surface area contributed by atoms with Crippen molar-refractivity contribution < 1.29 is 10.0 Å². The van der Waals surface area contributed by atoms with Gasteiger partial charge in [0.15, 0.2) is 0 Å². The van der Waals surface area contributed by atoms with Crippen LogP contribution in [0.5, 0.6) is 0 Å². The van der Waals surface area contributed by atoms with Gasteiger partial charge in [-0.25, -0.2) is 0 Å². The van der Waals surface area contributed by atoms with Crippen molar-refractivity contribution in [3.05, 3.63) is 40.7 Å². The highest BCUT2D eigenvalue weighted by Gasteiger charge is 2.22. The average Bonchev–Trinajstić information content (AvgIpc) is 2.52. The topological polar surface area (TPSA) is 88.3 Å². The van der Waals surface area contributed by atoms with Gasteiger partial charge in [-0.15, -0.1) is 0 Å². The molecule has 0 aliphatic rings. The van der Waals surface area contributed by atoms with Crippen LogP contribution in [0.3, 0.4) is 0 Å². The first kappa shape index (κ1) is 15.2. The Labute approximate surface area is 123 Å². The first-order chi connectivity index (χ1) is 10.0. The van der Waals surface area contributed by atoms with Gasteiger partial charge in [-0.05, 0) is 25.0 Å². The fraction of sp³-hybridized carbons (Fsp3) is 0.400. The minimum absolute atomic E-state index is 0.0323. The molecule has 21 heavy (non-hydrogen) atoms. The lowest BCUT2D eigenvalue weighted by molar-refractivity contribution is -0.383. The molecule has 6 nitrogen and oxygen atoms in total. The van der Waals surface area contributed by atoms with Crippen molar-refractivity contribution in [1.29, 1.82) is 0 Å². The zero-order valence-corrected chi connectivity index (χ0v) is 12.2. The Balaban J connectivity index is 2.38. The predicted molar refractivity (Wildman–Crippen MR) is 82.4 cm³/mol. The number of nitro benzene ring substituents is 1. The molecule has 0 saturated carbocycles. The van der Waals surface area contributed by atoms with E-state index in [1.807, 2.05) is 13.8 Å². The summed E-state index contributed by atoms with van der Waals surface area (Å²) in [6, 6.07) is 4.87. The van der Waals surface area contributed by atoms with Gasteiger partial charge in [-0.1, -0.05) is 13.8 Å². The minimum Gasteiger partial charge on any atom is -0.388 e. The number of hydrogen-bond acceptors (Lipinski definition) is 5. The van der Waals surface area contributed by atoms with Crippen LogP contribution in [-0.4, -0.2) is 27.2 Å². The van der Waals surface area contributed by atoms with Gasteiger partial charge in [0, 0.05) is 36.1 Å². The first-order valence-electron chi connectivity index (χ1n) is 6.98. The van der Waals surface area contributed by atoms with Gasteiger partial charge >= 0.3 is 0 Å². The maximum absolute atomic E-state index is 11.1. The number of nitro groups is 1. The zero-order chi connectivity index (χ0) is 15.5. The third-order valence-electron chi connectivity index (χ3n) is 3.92. The summed E-state index contributed by atoms with van der Waals surface area (Å²) >= 11 is 0. The second kappa shape index (κ2) is 6.05. The van der Waals surface area contributed by atoms with Gasteiger partial charge in [0.2, 0.25) is 0 Å². The zero-order valence-electron chi connectivity index (χ0n) is 12.2. The van der Waals surface area contributed by atoms with Crippen LogP contribution in [0.15, 0.2) is 30.6 Å². The molecule has 0 radical (unpaired) electrons. The predicted octanol–water partition coefficient (Wildman–Crippen LogP) is 3.11. The van der Waals surface area contributed by atoms with Gasteiger partial charge in [0.25, 0.3) is 5.69 Å². The Morgan fingerprint density at radius 3 is 2.62 bits per heavy atom. The number of rotatable bonds is 6. The van der Waals surface area contributed by atoms with Crippen molar-refractivity contribution in [2.75, 3.05) is 11.9 Å². The number of pyridine rings is 1. The quantitative estimate of drug-likeness (QED) is 0.630. The van der Waals surface area contributed by atoms with Crippen LogP contribution in [0.1, 0.15) is 26.7 Å². The van der Waals surface area contributed by atoms with Crippen LogP contribution in [0.4, 0.5) is 11.4 Å². The molecule has 1 aromatic heterocycles. The highest BCUT2D eigenvalue weighted by atomic mass is 16.6. The Hall–Kier alpha value is -2.21. The van der Waals surface area contributed by atoms with Crippen LogP contribution in [0.25, 0.3) is 10.8 Å². The normalized spacial score (nSPS) is 11.6. The fourth-order valence-electron chi connectivity index (χ4n) is 2.25. The van der Waals surface area contributed by atoms with Gasteiger partial charge in [-0.2, -0.15) is 0 Å². The number of benzene rings is 1. The standard InChI is InChI=1S/C15H19N3O3/c1-3-15(19,4-2)10-17-13-5-6-14(18(20)21)12-9-16-8-7-11(12)13/h5-9,17,19H,3-4,10H2,1-2H3. The van der Waals surface area contributed by atoms with E-state index in [-0.39, 0.29) is 5.69 Å². The third kappa shape index (κ3) is 3.11. The lowest BCUT2D eigenvalue weighted by Crippen LogP contribution is -2.35. The first-order valence-corrected chi connectivity index (χ1v) is 6.98. The number of fused-ring (bicyclic) bond motifs is 1. The molecule has 0 aliphatic heterocycles. The smallest absolute Gasteiger partial charge is 0.278 e. The van der Waals surface area contributed by atoms with Crippen LogP contribution in [0, 0.1) is 10.1 Å². The van der Waals surface area contributed by atoms with E-state index in [1.165, 1.54) is 12.3 Å². The number of anilines is 1. The Morgan fingerprint density at radius 1 is 1.29 bits per heavy atom. The number of nitrogens with zero attached hydrogens (tertiary/aromatic N) is 2. The SMILES string of the molecule is CCC(O)(CC)CNc1ccc([N+](=O)[O-])c2cnccc12. The van der Waals surface area contributed by atoms with Crippen molar-refractivity contribution in [2.45, 2.75) is 32.3 Å². The Kier molecular flexibility index (Phi) is 4.37. The second-order valence-electron chi connectivity index (χ2n) is 5.10. The van der Waals surface area contributed by atoms with E-state index in [1.54, 1.807) is 18.3 Å². The molecule has 0 amide bonds. The van der Waals surface area contributed by atoms with E-state index < -0.39 is 10.5 Å². The molecule has 0 atom stereocenters. The molecule has 0 saturated heterocycles. The summed E-state index contributed by atoms with van der Waals surface area (Å²) in [5, 5.41) is 25.8. The van der Waals surface area contributed by atoms with E-state index in [0.717, 1.165) is 11.1 Å². The van der Waals surface area contributed by atoms with Crippen LogP contribution < -0.4 is 5.32 Å². The van der Waals surface area contributed by atoms with Crippen LogP contribution in [0.2, 0.25) is 0 Å².